The summed E-state index contributed by atoms with van der Waals surface area (Å²) in [5.41, 5.74) is -0.0764. The summed E-state index contributed by atoms with van der Waals surface area (Å²) >= 11 is 0. The van der Waals surface area contributed by atoms with Crippen molar-refractivity contribution >= 4 is 23.5 Å². The van der Waals surface area contributed by atoms with Crippen molar-refractivity contribution in [2.24, 2.45) is 0 Å². The minimum atomic E-state index is -0.694. The standard InChI is InChI=1S/C14H12N4O6/c1-23-13-10(8-15-14(16-13)24-2)4-3-9-5-6-11(17(19)20)7-12(9)18(21)22/h3-8H,1-2H3/b4-3-. The molecule has 0 unspecified atom stereocenters. The molecule has 1 aromatic heterocycles. The minimum Gasteiger partial charge on any atom is -0.480 e. The van der Waals surface area contributed by atoms with Crippen molar-refractivity contribution < 1.29 is 19.3 Å². The Bertz CT molecular complexity index is 821. The predicted octanol–water partition coefficient (Wildman–Crippen LogP) is 2.48. The Balaban J connectivity index is 2.42. The number of ether oxygens (including phenoxy) is 2. The minimum absolute atomic E-state index is 0.116. The molecule has 24 heavy (non-hydrogen) atoms. The van der Waals surface area contributed by atoms with Crippen molar-refractivity contribution in [2.45, 2.75) is 0 Å². The Labute approximate surface area is 135 Å². The van der Waals surface area contributed by atoms with Crippen LogP contribution in [0.25, 0.3) is 12.2 Å². The van der Waals surface area contributed by atoms with Crippen LogP contribution in [-0.2, 0) is 0 Å². The van der Waals surface area contributed by atoms with Crippen LogP contribution in [0.1, 0.15) is 11.1 Å². The van der Waals surface area contributed by atoms with Gasteiger partial charge in [-0.25, -0.2) is 4.98 Å². The van der Waals surface area contributed by atoms with Gasteiger partial charge in [0, 0.05) is 12.3 Å². The van der Waals surface area contributed by atoms with E-state index in [2.05, 4.69) is 9.97 Å². The molecule has 0 atom stereocenters. The average Bonchev–Trinajstić information content (AvgIpc) is 2.59. The van der Waals surface area contributed by atoms with Crippen LogP contribution in [0.5, 0.6) is 11.9 Å². The maximum absolute atomic E-state index is 11.1. The molecule has 0 radical (unpaired) electrons. The zero-order chi connectivity index (χ0) is 17.7. The third-order valence-electron chi connectivity index (χ3n) is 3.00. The number of methoxy groups -OCH3 is 2. The van der Waals surface area contributed by atoms with Crippen molar-refractivity contribution in [3.05, 3.63) is 55.8 Å². The van der Waals surface area contributed by atoms with E-state index in [9.17, 15) is 20.2 Å². The highest BCUT2D eigenvalue weighted by atomic mass is 16.6. The third kappa shape index (κ3) is 3.61. The maximum atomic E-state index is 11.1. The fourth-order valence-electron chi connectivity index (χ4n) is 1.86. The molecule has 124 valence electrons. The summed E-state index contributed by atoms with van der Waals surface area (Å²) in [4.78, 5) is 28.4. The van der Waals surface area contributed by atoms with Crippen LogP contribution in [0.15, 0.2) is 24.4 Å². The van der Waals surface area contributed by atoms with E-state index in [-0.39, 0.29) is 28.8 Å². The molecule has 0 saturated heterocycles. The fraction of sp³-hybridized carbons (Fsp3) is 0.143. The van der Waals surface area contributed by atoms with Crippen LogP contribution in [0.2, 0.25) is 0 Å². The Morgan fingerprint density at radius 2 is 1.75 bits per heavy atom. The molecule has 0 aliphatic rings. The molecular weight excluding hydrogens is 320 g/mol. The second-order valence-corrected chi connectivity index (χ2v) is 4.41. The van der Waals surface area contributed by atoms with E-state index >= 15 is 0 Å². The van der Waals surface area contributed by atoms with Gasteiger partial charge in [-0.1, -0.05) is 0 Å². The molecule has 0 spiro atoms. The fourth-order valence-corrected chi connectivity index (χ4v) is 1.86. The molecule has 10 nitrogen and oxygen atoms in total. The summed E-state index contributed by atoms with van der Waals surface area (Å²) in [6.07, 6.45) is 4.36. The summed E-state index contributed by atoms with van der Waals surface area (Å²) in [6, 6.07) is 3.50. The zero-order valence-electron chi connectivity index (χ0n) is 12.7. The van der Waals surface area contributed by atoms with E-state index in [1.807, 2.05) is 0 Å². The maximum Gasteiger partial charge on any atom is 0.319 e. The molecule has 0 aliphatic heterocycles. The normalized spacial score (nSPS) is 10.6. The van der Waals surface area contributed by atoms with Gasteiger partial charge in [0.25, 0.3) is 11.4 Å². The molecular formula is C14H12N4O6. The molecule has 0 amide bonds. The van der Waals surface area contributed by atoms with Crippen LogP contribution in [0.3, 0.4) is 0 Å². The van der Waals surface area contributed by atoms with Gasteiger partial charge in [0.05, 0.1) is 41.3 Å². The monoisotopic (exact) mass is 332 g/mol. The quantitative estimate of drug-likeness (QED) is 0.582. The summed E-state index contributed by atoms with van der Waals surface area (Å²) in [6.45, 7) is 0. The van der Waals surface area contributed by atoms with Gasteiger partial charge in [-0.05, 0) is 18.2 Å². The van der Waals surface area contributed by atoms with Crippen LogP contribution in [0.4, 0.5) is 11.4 Å². The van der Waals surface area contributed by atoms with E-state index in [4.69, 9.17) is 9.47 Å². The Morgan fingerprint density at radius 3 is 2.33 bits per heavy atom. The number of nitro groups is 2. The molecule has 2 aromatic rings. The van der Waals surface area contributed by atoms with Crippen molar-refractivity contribution in [1.82, 2.24) is 9.97 Å². The van der Waals surface area contributed by atoms with Gasteiger partial charge >= 0.3 is 6.01 Å². The van der Waals surface area contributed by atoms with Gasteiger partial charge in [0.1, 0.15) is 0 Å². The summed E-state index contributed by atoms with van der Waals surface area (Å²) in [5.74, 6) is 0.225. The Morgan fingerprint density at radius 1 is 1.04 bits per heavy atom. The highest BCUT2D eigenvalue weighted by Gasteiger charge is 2.18. The highest BCUT2D eigenvalue weighted by Crippen LogP contribution is 2.27. The van der Waals surface area contributed by atoms with Crippen LogP contribution in [0, 0.1) is 20.2 Å². The van der Waals surface area contributed by atoms with E-state index in [1.54, 1.807) is 0 Å². The van der Waals surface area contributed by atoms with Crippen LogP contribution in [-0.4, -0.2) is 34.0 Å². The first-order valence-corrected chi connectivity index (χ1v) is 6.52. The SMILES string of the molecule is COc1ncc(/C=C\c2ccc([N+](=O)[O-])cc2[N+](=O)[O-])c(OC)n1. The van der Waals surface area contributed by atoms with Crippen molar-refractivity contribution in [3.63, 3.8) is 0 Å². The van der Waals surface area contributed by atoms with Gasteiger partial charge < -0.3 is 9.47 Å². The molecule has 0 bridgehead atoms. The van der Waals surface area contributed by atoms with E-state index in [0.29, 0.717) is 5.56 Å². The number of rotatable bonds is 6. The second-order valence-electron chi connectivity index (χ2n) is 4.41. The number of benzene rings is 1. The van der Waals surface area contributed by atoms with Crippen LogP contribution < -0.4 is 9.47 Å². The van der Waals surface area contributed by atoms with E-state index in [1.165, 1.54) is 44.7 Å². The molecule has 0 aliphatic carbocycles. The molecule has 2 rings (SSSR count). The molecule has 1 aromatic carbocycles. The third-order valence-corrected chi connectivity index (χ3v) is 3.00. The largest absolute Gasteiger partial charge is 0.480 e. The number of nitrogens with zero attached hydrogens (tertiary/aromatic N) is 4. The summed E-state index contributed by atoms with van der Waals surface area (Å²) in [7, 11) is 2.82. The smallest absolute Gasteiger partial charge is 0.319 e. The van der Waals surface area contributed by atoms with Gasteiger partial charge in [-0.3, -0.25) is 20.2 Å². The number of hydrogen-bond acceptors (Lipinski definition) is 8. The predicted molar refractivity (Wildman–Crippen MR) is 83.8 cm³/mol. The first-order chi connectivity index (χ1) is 11.5. The molecule has 0 N–H and O–H groups in total. The lowest BCUT2D eigenvalue weighted by Gasteiger charge is -2.04. The lowest BCUT2D eigenvalue weighted by Crippen LogP contribution is -1.97. The van der Waals surface area contributed by atoms with E-state index in [0.717, 1.165) is 6.07 Å². The van der Waals surface area contributed by atoms with Crippen molar-refractivity contribution in [3.8, 4) is 11.9 Å². The van der Waals surface area contributed by atoms with Gasteiger partial charge in [0.15, 0.2) is 0 Å². The lowest BCUT2D eigenvalue weighted by molar-refractivity contribution is -0.394. The zero-order valence-corrected chi connectivity index (χ0v) is 12.7. The molecule has 0 saturated carbocycles. The number of aromatic nitrogens is 2. The molecule has 1 heterocycles. The van der Waals surface area contributed by atoms with Gasteiger partial charge in [0.2, 0.25) is 5.88 Å². The second kappa shape index (κ2) is 7.13. The van der Waals surface area contributed by atoms with Crippen molar-refractivity contribution in [2.75, 3.05) is 14.2 Å². The van der Waals surface area contributed by atoms with Gasteiger partial charge in [-0.2, -0.15) is 4.98 Å². The summed E-state index contributed by atoms with van der Waals surface area (Å²) < 4.78 is 9.98. The lowest BCUT2D eigenvalue weighted by atomic mass is 10.1. The Kier molecular flexibility index (Phi) is 5.00. The molecule has 10 heteroatoms. The van der Waals surface area contributed by atoms with Gasteiger partial charge in [-0.15, -0.1) is 0 Å². The number of nitro benzene ring substituents is 2. The topological polar surface area (TPSA) is 131 Å². The van der Waals surface area contributed by atoms with Crippen LogP contribution >= 0.6 is 0 Å². The summed E-state index contributed by atoms with van der Waals surface area (Å²) in [5, 5.41) is 21.8. The van der Waals surface area contributed by atoms with E-state index < -0.39 is 9.85 Å². The highest BCUT2D eigenvalue weighted by molar-refractivity contribution is 5.76. The first-order valence-electron chi connectivity index (χ1n) is 6.52. The molecule has 0 fully saturated rings. The van der Waals surface area contributed by atoms with Crippen molar-refractivity contribution in [1.29, 1.82) is 0 Å². The Hall–Kier alpha value is -3.56. The number of hydrogen-bond donors (Lipinski definition) is 0. The number of non-ortho nitro benzene ring substituents is 1. The average molecular weight is 332 g/mol. The first kappa shape index (κ1) is 16.8.